The van der Waals surface area contributed by atoms with Crippen LogP contribution in [0, 0.1) is 6.92 Å². The molecule has 2 heterocycles. The molecule has 0 spiro atoms. The molecule has 0 amide bonds. The fraction of sp³-hybridized carbons (Fsp3) is 0.500. The van der Waals surface area contributed by atoms with Crippen LogP contribution < -0.4 is 5.73 Å². The molecule has 0 atom stereocenters. The van der Waals surface area contributed by atoms with E-state index in [9.17, 15) is 0 Å². The summed E-state index contributed by atoms with van der Waals surface area (Å²) in [5.41, 5.74) is 9.53. The number of nitrogens with two attached hydrogens (primary N) is 1. The van der Waals surface area contributed by atoms with Crippen molar-refractivity contribution >= 4 is 5.82 Å². The van der Waals surface area contributed by atoms with Crippen LogP contribution >= 0.6 is 0 Å². The van der Waals surface area contributed by atoms with Gasteiger partial charge in [-0.05, 0) is 13.3 Å². The maximum atomic E-state index is 5.98. The van der Waals surface area contributed by atoms with Crippen molar-refractivity contribution in [3.8, 4) is 11.3 Å². The topological polar surface area (TPSA) is 69.6 Å². The third-order valence-corrected chi connectivity index (χ3v) is 3.62. The summed E-state index contributed by atoms with van der Waals surface area (Å²) in [6.07, 6.45) is 4.63. The average molecular weight is 259 g/mol. The highest BCUT2D eigenvalue weighted by atomic mass is 15.2. The molecule has 0 aliphatic carbocycles. The second-order valence-electron chi connectivity index (χ2n) is 5.53. The van der Waals surface area contributed by atoms with Crippen LogP contribution in [0.3, 0.4) is 0 Å². The van der Waals surface area contributed by atoms with Crippen LogP contribution in [-0.4, -0.2) is 19.7 Å². The molecule has 5 heteroatoms. The van der Waals surface area contributed by atoms with E-state index in [1.807, 2.05) is 20.2 Å². The summed E-state index contributed by atoms with van der Waals surface area (Å²) in [6.45, 7) is 8.36. The highest BCUT2D eigenvalue weighted by molar-refractivity contribution is 5.61. The third-order valence-electron chi connectivity index (χ3n) is 3.62. The molecule has 0 saturated carbocycles. The Morgan fingerprint density at radius 1 is 1.37 bits per heavy atom. The van der Waals surface area contributed by atoms with Crippen LogP contribution in [0.5, 0.6) is 0 Å². The number of hydrogen-bond acceptors (Lipinski definition) is 4. The lowest BCUT2D eigenvalue weighted by molar-refractivity contribution is 0.491. The van der Waals surface area contributed by atoms with Crippen LogP contribution in [0.2, 0.25) is 0 Å². The first-order valence-corrected chi connectivity index (χ1v) is 6.48. The zero-order valence-electron chi connectivity index (χ0n) is 12.2. The van der Waals surface area contributed by atoms with E-state index >= 15 is 0 Å². The van der Waals surface area contributed by atoms with Crippen molar-refractivity contribution < 1.29 is 0 Å². The molecule has 0 aromatic carbocycles. The lowest BCUT2D eigenvalue weighted by atomic mass is 9.86. The summed E-state index contributed by atoms with van der Waals surface area (Å²) in [5.74, 6) is 0.511. The number of aryl methyl sites for hydroxylation is 2. The molecule has 102 valence electrons. The van der Waals surface area contributed by atoms with Gasteiger partial charge in [0.05, 0.1) is 23.3 Å². The first-order valence-electron chi connectivity index (χ1n) is 6.48. The van der Waals surface area contributed by atoms with E-state index in [0.717, 1.165) is 29.1 Å². The second-order valence-corrected chi connectivity index (χ2v) is 5.53. The van der Waals surface area contributed by atoms with Crippen LogP contribution in [0.4, 0.5) is 5.82 Å². The van der Waals surface area contributed by atoms with Crippen molar-refractivity contribution in [3.63, 3.8) is 0 Å². The highest BCUT2D eigenvalue weighted by Crippen LogP contribution is 2.30. The van der Waals surface area contributed by atoms with E-state index in [-0.39, 0.29) is 5.41 Å². The average Bonchev–Trinajstić information content (AvgIpc) is 2.69. The largest absolute Gasteiger partial charge is 0.382 e. The Labute approximate surface area is 113 Å². The minimum Gasteiger partial charge on any atom is -0.382 e. The maximum Gasteiger partial charge on any atom is 0.145 e. The van der Waals surface area contributed by atoms with Gasteiger partial charge in [-0.15, -0.1) is 0 Å². The summed E-state index contributed by atoms with van der Waals surface area (Å²) in [6, 6.07) is 0. The monoisotopic (exact) mass is 259 g/mol. The fourth-order valence-electron chi connectivity index (χ4n) is 2.04. The SMILES string of the molecule is CCC(C)(C)c1nc(-c2cn(C)nc2C)cnc1N. The molecule has 0 aliphatic rings. The number of aromatic nitrogens is 4. The number of nitrogen functional groups attached to an aromatic ring is 1. The molecule has 0 fully saturated rings. The molecule has 0 unspecified atom stereocenters. The van der Waals surface area contributed by atoms with Crippen molar-refractivity contribution in [2.45, 2.75) is 39.5 Å². The van der Waals surface area contributed by atoms with Crippen molar-refractivity contribution in [1.29, 1.82) is 0 Å². The molecular weight excluding hydrogens is 238 g/mol. The normalized spacial score (nSPS) is 11.8. The lowest BCUT2D eigenvalue weighted by Crippen LogP contribution is -2.20. The van der Waals surface area contributed by atoms with E-state index in [4.69, 9.17) is 10.7 Å². The van der Waals surface area contributed by atoms with Crippen molar-refractivity contribution in [2.75, 3.05) is 5.73 Å². The van der Waals surface area contributed by atoms with Gasteiger partial charge in [-0.2, -0.15) is 5.10 Å². The van der Waals surface area contributed by atoms with E-state index in [0.29, 0.717) is 5.82 Å². The minimum atomic E-state index is -0.0802. The fourth-order valence-corrected chi connectivity index (χ4v) is 2.04. The zero-order valence-corrected chi connectivity index (χ0v) is 12.2. The molecule has 2 aromatic heterocycles. The van der Waals surface area contributed by atoms with Crippen molar-refractivity contribution in [1.82, 2.24) is 19.7 Å². The lowest BCUT2D eigenvalue weighted by Gasteiger charge is -2.23. The van der Waals surface area contributed by atoms with E-state index in [2.05, 4.69) is 30.9 Å². The quantitative estimate of drug-likeness (QED) is 0.919. The van der Waals surface area contributed by atoms with Gasteiger partial charge in [-0.1, -0.05) is 20.8 Å². The van der Waals surface area contributed by atoms with Crippen molar-refractivity contribution in [2.24, 2.45) is 7.05 Å². The molecule has 0 aliphatic heterocycles. The summed E-state index contributed by atoms with van der Waals surface area (Å²) in [7, 11) is 1.90. The van der Waals surface area contributed by atoms with E-state index in [1.54, 1.807) is 10.9 Å². The Hall–Kier alpha value is -1.91. The molecule has 0 bridgehead atoms. The molecule has 0 radical (unpaired) electrons. The van der Waals surface area contributed by atoms with Crippen LogP contribution in [0.1, 0.15) is 38.6 Å². The Morgan fingerprint density at radius 2 is 2.05 bits per heavy atom. The number of hydrogen-bond donors (Lipinski definition) is 1. The maximum absolute atomic E-state index is 5.98. The van der Waals surface area contributed by atoms with Gasteiger partial charge in [0.15, 0.2) is 0 Å². The zero-order chi connectivity index (χ0) is 14.2. The van der Waals surface area contributed by atoms with Gasteiger partial charge >= 0.3 is 0 Å². The van der Waals surface area contributed by atoms with Crippen LogP contribution in [-0.2, 0) is 12.5 Å². The molecule has 2 N–H and O–H groups in total. The Morgan fingerprint density at radius 3 is 2.58 bits per heavy atom. The van der Waals surface area contributed by atoms with Gasteiger partial charge < -0.3 is 5.73 Å². The predicted molar refractivity (Wildman–Crippen MR) is 76.7 cm³/mol. The minimum absolute atomic E-state index is 0.0802. The van der Waals surface area contributed by atoms with E-state index < -0.39 is 0 Å². The summed E-state index contributed by atoms with van der Waals surface area (Å²) in [4.78, 5) is 9.02. The summed E-state index contributed by atoms with van der Waals surface area (Å²) < 4.78 is 1.79. The molecule has 0 saturated heterocycles. The summed E-state index contributed by atoms with van der Waals surface area (Å²) in [5, 5.41) is 4.34. The molecule has 2 rings (SSSR count). The van der Waals surface area contributed by atoms with Gasteiger partial charge in [0.1, 0.15) is 5.82 Å². The van der Waals surface area contributed by atoms with Gasteiger partial charge in [0, 0.05) is 24.2 Å². The highest BCUT2D eigenvalue weighted by Gasteiger charge is 2.24. The molecule has 19 heavy (non-hydrogen) atoms. The predicted octanol–water partition coefficient (Wildman–Crippen LogP) is 2.46. The summed E-state index contributed by atoms with van der Waals surface area (Å²) >= 11 is 0. The molecular formula is C14H21N5. The molecule has 2 aromatic rings. The van der Waals surface area contributed by atoms with Gasteiger partial charge in [0.2, 0.25) is 0 Å². The standard InChI is InChI=1S/C14H21N5/c1-6-14(3,4)12-13(15)16-7-11(17-12)10-8-19(5)18-9(10)2/h7-8H,6H2,1-5H3,(H2,15,16). The Balaban J connectivity index is 2.56. The van der Waals surface area contributed by atoms with Crippen molar-refractivity contribution in [3.05, 3.63) is 23.8 Å². The smallest absolute Gasteiger partial charge is 0.145 e. The van der Waals surface area contributed by atoms with Gasteiger partial charge in [0.25, 0.3) is 0 Å². The number of nitrogens with zero attached hydrogens (tertiary/aromatic N) is 4. The van der Waals surface area contributed by atoms with Gasteiger partial charge in [-0.3, -0.25) is 4.68 Å². The van der Waals surface area contributed by atoms with Gasteiger partial charge in [-0.25, -0.2) is 9.97 Å². The van der Waals surface area contributed by atoms with Crippen LogP contribution in [0.25, 0.3) is 11.3 Å². The number of rotatable bonds is 3. The Kier molecular flexibility index (Phi) is 3.30. The first kappa shape index (κ1) is 13.5. The Bertz CT molecular complexity index is 598. The molecule has 5 nitrogen and oxygen atoms in total. The number of anilines is 1. The van der Waals surface area contributed by atoms with E-state index in [1.165, 1.54) is 0 Å². The second kappa shape index (κ2) is 4.64. The third kappa shape index (κ3) is 2.45. The van der Waals surface area contributed by atoms with Crippen LogP contribution in [0.15, 0.2) is 12.4 Å². The first-order chi connectivity index (χ1) is 8.85.